The molecule has 0 heterocycles. The van der Waals surface area contributed by atoms with Gasteiger partial charge in [0.25, 0.3) is 0 Å². The Morgan fingerprint density at radius 3 is 2.25 bits per heavy atom. The van der Waals surface area contributed by atoms with E-state index in [0.29, 0.717) is 19.6 Å². The predicted molar refractivity (Wildman–Crippen MR) is 116 cm³/mol. The van der Waals surface area contributed by atoms with Gasteiger partial charge >= 0.3 is 5.97 Å². The monoisotopic (exact) mass is 446 g/mol. The number of carboxylic acid groups (broad SMARTS) is 1. The van der Waals surface area contributed by atoms with Crippen molar-refractivity contribution in [3.8, 4) is 5.75 Å². The van der Waals surface area contributed by atoms with Crippen LogP contribution in [0.15, 0.2) is 58.6 Å². The molecule has 5 heteroatoms. The van der Waals surface area contributed by atoms with Crippen molar-refractivity contribution in [2.45, 2.75) is 39.7 Å². The van der Waals surface area contributed by atoms with Gasteiger partial charge in [0.2, 0.25) is 0 Å². The first-order chi connectivity index (χ1) is 13.4. The van der Waals surface area contributed by atoms with Crippen LogP contribution in [0, 0.1) is 0 Å². The van der Waals surface area contributed by atoms with Crippen LogP contribution >= 0.6 is 15.9 Å². The van der Waals surface area contributed by atoms with E-state index in [4.69, 9.17) is 9.47 Å². The Morgan fingerprint density at radius 1 is 1.07 bits per heavy atom. The quantitative estimate of drug-likeness (QED) is 0.505. The summed E-state index contributed by atoms with van der Waals surface area (Å²) in [5, 5.41) is 9.20. The van der Waals surface area contributed by atoms with E-state index >= 15 is 0 Å². The number of rotatable bonds is 10. The molecule has 1 N–H and O–H groups in total. The average molecular weight is 447 g/mol. The van der Waals surface area contributed by atoms with Crippen molar-refractivity contribution < 1.29 is 19.4 Å². The standard InChI is InChI=1S/C23H27BrO4/c1-4-18(16(3)19-8-10-20(24)11-9-19)15-28-21-12-6-17(7-13-21)14-22(23(25)26)27-5-2/h6-13,22H,4-5,14-15H2,1-3H3,(H,25,26)/b18-16+/t22-/m0/s1. The molecule has 150 valence electrons. The lowest BCUT2D eigenvalue weighted by Gasteiger charge is -2.14. The van der Waals surface area contributed by atoms with E-state index in [9.17, 15) is 9.90 Å². The summed E-state index contributed by atoms with van der Waals surface area (Å²) in [6.07, 6.45) is 0.431. The minimum atomic E-state index is -0.941. The number of carbonyl (C=O) groups is 1. The molecular weight excluding hydrogens is 420 g/mol. The molecular formula is C23H27BrO4. The SMILES string of the molecule is CCO[C@@H](Cc1ccc(OC/C(CC)=C(\C)c2ccc(Br)cc2)cc1)C(=O)O. The molecule has 0 fully saturated rings. The van der Waals surface area contributed by atoms with E-state index in [1.54, 1.807) is 6.92 Å². The minimum Gasteiger partial charge on any atom is -0.489 e. The second-order valence-electron chi connectivity index (χ2n) is 6.51. The van der Waals surface area contributed by atoms with Crippen molar-refractivity contribution in [3.63, 3.8) is 0 Å². The normalized spacial score (nSPS) is 13.0. The molecule has 2 rings (SSSR count). The Bertz CT molecular complexity index is 794. The number of carboxylic acids is 1. The van der Waals surface area contributed by atoms with Crippen LogP contribution in [0.4, 0.5) is 0 Å². The average Bonchev–Trinajstić information content (AvgIpc) is 2.69. The van der Waals surface area contributed by atoms with E-state index in [1.807, 2.05) is 36.4 Å². The maximum absolute atomic E-state index is 11.2. The molecule has 4 nitrogen and oxygen atoms in total. The van der Waals surface area contributed by atoms with Gasteiger partial charge in [-0.05, 0) is 66.8 Å². The first-order valence-electron chi connectivity index (χ1n) is 9.45. The van der Waals surface area contributed by atoms with E-state index in [-0.39, 0.29) is 0 Å². The van der Waals surface area contributed by atoms with E-state index in [0.717, 1.165) is 22.2 Å². The van der Waals surface area contributed by atoms with Crippen LogP contribution in [-0.4, -0.2) is 30.4 Å². The highest BCUT2D eigenvalue weighted by atomic mass is 79.9. The molecule has 28 heavy (non-hydrogen) atoms. The molecule has 0 aliphatic rings. The Morgan fingerprint density at radius 2 is 1.71 bits per heavy atom. The van der Waals surface area contributed by atoms with Gasteiger partial charge in [-0.3, -0.25) is 0 Å². The summed E-state index contributed by atoms with van der Waals surface area (Å²) in [6, 6.07) is 15.8. The van der Waals surface area contributed by atoms with Gasteiger partial charge in [-0.1, -0.05) is 47.1 Å². The number of hydrogen-bond acceptors (Lipinski definition) is 3. The molecule has 0 radical (unpaired) electrons. The topological polar surface area (TPSA) is 55.8 Å². The lowest BCUT2D eigenvalue weighted by Crippen LogP contribution is -2.26. The third kappa shape index (κ3) is 6.50. The van der Waals surface area contributed by atoms with E-state index in [1.165, 1.54) is 16.7 Å². The summed E-state index contributed by atoms with van der Waals surface area (Å²) in [6.45, 7) is 6.94. The van der Waals surface area contributed by atoms with Crippen molar-refractivity contribution in [2.75, 3.05) is 13.2 Å². The van der Waals surface area contributed by atoms with Gasteiger partial charge in [0.05, 0.1) is 0 Å². The van der Waals surface area contributed by atoms with Gasteiger partial charge in [-0.2, -0.15) is 0 Å². The van der Waals surface area contributed by atoms with Crippen molar-refractivity contribution in [3.05, 3.63) is 69.7 Å². The highest BCUT2D eigenvalue weighted by Gasteiger charge is 2.17. The molecule has 0 aliphatic heterocycles. The number of allylic oxidation sites excluding steroid dienone is 1. The predicted octanol–water partition coefficient (Wildman–Crippen LogP) is 5.74. The van der Waals surface area contributed by atoms with Crippen LogP contribution in [0.2, 0.25) is 0 Å². The Hall–Kier alpha value is -2.11. The van der Waals surface area contributed by atoms with Gasteiger partial charge in [0.15, 0.2) is 6.10 Å². The molecule has 0 unspecified atom stereocenters. The van der Waals surface area contributed by atoms with Gasteiger partial charge in [0, 0.05) is 17.5 Å². The molecule has 0 spiro atoms. The highest BCUT2D eigenvalue weighted by Crippen LogP contribution is 2.23. The first kappa shape index (κ1) is 22.2. The molecule has 0 aliphatic carbocycles. The molecule has 0 saturated carbocycles. The van der Waals surface area contributed by atoms with Gasteiger partial charge in [-0.15, -0.1) is 0 Å². The molecule has 2 aromatic carbocycles. The van der Waals surface area contributed by atoms with Gasteiger partial charge < -0.3 is 14.6 Å². The van der Waals surface area contributed by atoms with E-state index in [2.05, 4.69) is 41.9 Å². The maximum atomic E-state index is 11.2. The molecule has 0 aromatic heterocycles. The fourth-order valence-electron chi connectivity index (χ4n) is 2.90. The van der Waals surface area contributed by atoms with Crippen LogP contribution in [0.5, 0.6) is 5.75 Å². The summed E-state index contributed by atoms with van der Waals surface area (Å²) in [5.74, 6) is -0.176. The van der Waals surface area contributed by atoms with Crippen LogP contribution in [0.1, 0.15) is 38.3 Å². The molecule has 1 atom stereocenters. The number of ether oxygens (including phenoxy) is 2. The van der Waals surface area contributed by atoms with Crippen molar-refractivity contribution in [1.29, 1.82) is 0 Å². The smallest absolute Gasteiger partial charge is 0.333 e. The van der Waals surface area contributed by atoms with Crippen molar-refractivity contribution in [2.24, 2.45) is 0 Å². The fourth-order valence-corrected chi connectivity index (χ4v) is 3.17. The Kier molecular flexibility index (Phi) is 8.74. The summed E-state index contributed by atoms with van der Waals surface area (Å²) < 4.78 is 12.3. The van der Waals surface area contributed by atoms with Crippen LogP contribution < -0.4 is 4.74 Å². The summed E-state index contributed by atoms with van der Waals surface area (Å²) >= 11 is 3.47. The molecule has 0 saturated heterocycles. The van der Waals surface area contributed by atoms with E-state index < -0.39 is 12.1 Å². The summed E-state index contributed by atoms with van der Waals surface area (Å²) in [4.78, 5) is 11.2. The summed E-state index contributed by atoms with van der Waals surface area (Å²) in [7, 11) is 0. The second kappa shape index (κ2) is 11.0. The second-order valence-corrected chi connectivity index (χ2v) is 7.42. The lowest BCUT2D eigenvalue weighted by molar-refractivity contribution is -0.149. The minimum absolute atomic E-state index is 0.340. The third-order valence-corrected chi connectivity index (χ3v) is 5.16. The third-order valence-electron chi connectivity index (χ3n) is 4.64. The summed E-state index contributed by atoms with van der Waals surface area (Å²) in [5.41, 5.74) is 4.57. The van der Waals surface area contributed by atoms with Crippen LogP contribution in [0.3, 0.4) is 0 Å². The van der Waals surface area contributed by atoms with Crippen LogP contribution in [0.25, 0.3) is 5.57 Å². The largest absolute Gasteiger partial charge is 0.489 e. The van der Waals surface area contributed by atoms with Gasteiger partial charge in [-0.25, -0.2) is 4.79 Å². The van der Waals surface area contributed by atoms with Crippen molar-refractivity contribution >= 4 is 27.5 Å². The maximum Gasteiger partial charge on any atom is 0.333 e. The number of aliphatic carboxylic acids is 1. The van der Waals surface area contributed by atoms with Gasteiger partial charge in [0.1, 0.15) is 12.4 Å². The lowest BCUT2D eigenvalue weighted by atomic mass is 10.0. The Labute approximate surface area is 175 Å². The zero-order chi connectivity index (χ0) is 20.5. The Balaban J connectivity index is 2.02. The zero-order valence-electron chi connectivity index (χ0n) is 16.6. The zero-order valence-corrected chi connectivity index (χ0v) is 18.2. The number of halogens is 1. The highest BCUT2D eigenvalue weighted by molar-refractivity contribution is 9.10. The molecule has 0 amide bonds. The first-order valence-corrected chi connectivity index (χ1v) is 10.2. The van der Waals surface area contributed by atoms with Crippen LogP contribution in [-0.2, 0) is 16.0 Å². The number of benzene rings is 2. The fraction of sp³-hybridized carbons (Fsp3) is 0.348. The van der Waals surface area contributed by atoms with Crippen molar-refractivity contribution in [1.82, 2.24) is 0 Å². The number of hydrogen-bond donors (Lipinski definition) is 1. The molecule has 0 bridgehead atoms. The molecule has 2 aromatic rings.